The first-order valence-electron chi connectivity index (χ1n) is 10.2. The van der Waals surface area contributed by atoms with Crippen LogP contribution in [0.15, 0.2) is 48.5 Å². The molecular formula is C24H31N3O2. The van der Waals surface area contributed by atoms with Crippen molar-refractivity contribution >= 4 is 11.6 Å². The summed E-state index contributed by atoms with van der Waals surface area (Å²) >= 11 is 0. The van der Waals surface area contributed by atoms with Crippen molar-refractivity contribution in [2.24, 2.45) is 0 Å². The lowest BCUT2D eigenvalue weighted by atomic mass is 10.1. The summed E-state index contributed by atoms with van der Waals surface area (Å²) in [6.45, 7) is 8.99. The van der Waals surface area contributed by atoms with Crippen LogP contribution in [0.25, 0.3) is 0 Å². The Kier molecular flexibility index (Phi) is 9.61. The molecule has 0 fully saturated rings. The summed E-state index contributed by atoms with van der Waals surface area (Å²) in [7, 11) is 0. The van der Waals surface area contributed by atoms with Crippen LogP contribution in [0.4, 0.5) is 5.69 Å². The van der Waals surface area contributed by atoms with Crippen molar-refractivity contribution in [3.05, 3.63) is 59.7 Å². The molecule has 29 heavy (non-hydrogen) atoms. The average Bonchev–Trinajstić information content (AvgIpc) is 2.76. The van der Waals surface area contributed by atoms with Crippen molar-refractivity contribution in [1.29, 1.82) is 0 Å². The number of amides is 1. The zero-order chi connectivity index (χ0) is 20.9. The third-order valence-corrected chi connectivity index (χ3v) is 4.69. The van der Waals surface area contributed by atoms with Gasteiger partial charge in [-0.3, -0.25) is 4.79 Å². The van der Waals surface area contributed by atoms with Crippen LogP contribution in [0, 0.1) is 12.3 Å². The molecule has 5 nitrogen and oxygen atoms in total. The summed E-state index contributed by atoms with van der Waals surface area (Å²) in [5.41, 5.74) is 2.79. The van der Waals surface area contributed by atoms with Gasteiger partial charge in [-0.05, 0) is 55.1 Å². The van der Waals surface area contributed by atoms with E-state index in [9.17, 15) is 4.79 Å². The molecule has 2 aromatic carbocycles. The zero-order valence-corrected chi connectivity index (χ0v) is 17.4. The molecule has 0 aliphatic heterocycles. The second kappa shape index (κ2) is 12.5. The Morgan fingerprint density at radius 3 is 2.38 bits per heavy atom. The second-order valence-electron chi connectivity index (χ2n) is 6.66. The molecule has 2 aromatic rings. The largest absolute Gasteiger partial charge is 0.493 e. The molecule has 2 N–H and O–H groups in total. The first-order valence-corrected chi connectivity index (χ1v) is 10.2. The van der Waals surface area contributed by atoms with Gasteiger partial charge in [0.15, 0.2) is 0 Å². The van der Waals surface area contributed by atoms with E-state index in [0.29, 0.717) is 31.7 Å². The molecule has 0 bridgehead atoms. The van der Waals surface area contributed by atoms with Crippen LogP contribution in [0.2, 0.25) is 0 Å². The Bertz CT molecular complexity index is 775. The fourth-order valence-electron chi connectivity index (χ4n) is 2.84. The van der Waals surface area contributed by atoms with Crippen molar-refractivity contribution in [3.63, 3.8) is 0 Å². The number of hydrogen-bond donors (Lipinski definition) is 2. The number of benzene rings is 2. The van der Waals surface area contributed by atoms with Gasteiger partial charge in [-0.25, -0.2) is 0 Å². The molecule has 0 saturated carbocycles. The number of hydrogen-bond acceptors (Lipinski definition) is 4. The first-order chi connectivity index (χ1) is 14.2. The maximum absolute atomic E-state index is 12.2. The smallest absolute Gasteiger partial charge is 0.251 e. The van der Waals surface area contributed by atoms with E-state index in [1.54, 1.807) is 0 Å². The lowest BCUT2D eigenvalue weighted by Crippen LogP contribution is -2.34. The zero-order valence-electron chi connectivity index (χ0n) is 17.4. The van der Waals surface area contributed by atoms with Gasteiger partial charge in [0.25, 0.3) is 5.91 Å². The van der Waals surface area contributed by atoms with Crippen molar-refractivity contribution in [1.82, 2.24) is 10.2 Å². The van der Waals surface area contributed by atoms with Gasteiger partial charge in [0.1, 0.15) is 5.75 Å². The Morgan fingerprint density at radius 1 is 1.07 bits per heavy atom. The number of anilines is 1. The quantitative estimate of drug-likeness (QED) is 0.426. The standard InChI is InChI=1S/C24H31N3O2/c1-4-7-18-29-23-14-8-20(9-15-23)19-26-22-12-10-21(11-13-22)24(28)25-16-17-27(5-2)6-3/h1,8-15,26H,5-7,16-19H2,2-3H3,(H,25,28). The van der Waals surface area contributed by atoms with Gasteiger partial charge < -0.3 is 20.3 Å². The molecule has 0 aliphatic carbocycles. The van der Waals surface area contributed by atoms with E-state index in [2.05, 4.69) is 35.3 Å². The number of carbonyl (C=O) groups is 1. The van der Waals surface area contributed by atoms with E-state index < -0.39 is 0 Å². The van der Waals surface area contributed by atoms with E-state index in [-0.39, 0.29) is 5.91 Å². The number of ether oxygens (including phenoxy) is 1. The molecule has 1 amide bonds. The summed E-state index contributed by atoms with van der Waals surface area (Å²) in [5, 5.41) is 6.34. The molecule has 0 unspecified atom stereocenters. The van der Waals surface area contributed by atoms with Gasteiger partial charge in [0, 0.05) is 37.3 Å². The summed E-state index contributed by atoms with van der Waals surface area (Å²) in [6.07, 6.45) is 5.82. The summed E-state index contributed by atoms with van der Waals surface area (Å²) in [4.78, 5) is 14.5. The predicted molar refractivity (Wildman–Crippen MR) is 119 cm³/mol. The molecule has 0 spiro atoms. The third-order valence-electron chi connectivity index (χ3n) is 4.69. The molecule has 0 atom stereocenters. The fourth-order valence-corrected chi connectivity index (χ4v) is 2.84. The number of rotatable bonds is 12. The molecule has 0 radical (unpaired) electrons. The van der Waals surface area contributed by atoms with Crippen molar-refractivity contribution in [2.45, 2.75) is 26.8 Å². The molecule has 0 aliphatic rings. The summed E-state index contributed by atoms with van der Waals surface area (Å²) in [6, 6.07) is 15.5. The Balaban J connectivity index is 1.77. The van der Waals surface area contributed by atoms with Crippen LogP contribution >= 0.6 is 0 Å². The number of nitrogens with zero attached hydrogens (tertiary/aromatic N) is 1. The lowest BCUT2D eigenvalue weighted by Gasteiger charge is -2.18. The monoisotopic (exact) mass is 393 g/mol. The van der Waals surface area contributed by atoms with Crippen LogP contribution in [-0.2, 0) is 6.54 Å². The van der Waals surface area contributed by atoms with Crippen molar-refractivity contribution in [2.75, 3.05) is 38.1 Å². The summed E-state index contributed by atoms with van der Waals surface area (Å²) in [5.74, 6) is 3.34. The van der Waals surface area contributed by atoms with Gasteiger partial charge in [-0.1, -0.05) is 26.0 Å². The highest BCUT2D eigenvalue weighted by Crippen LogP contribution is 2.15. The number of carbonyl (C=O) groups excluding carboxylic acids is 1. The van der Waals surface area contributed by atoms with E-state index in [0.717, 1.165) is 36.6 Å². The molecule has 0 aromatic heterocycles. The Morgan fingerprint density at radius 2 is 1.76 bits per heavy atom. The maximum Gasteiger partial charge on any atom is 0.251 e. The highest BCUT2D eigenvalue weighted by molar-refractivity contribution is 5.94. The minimum atomic E-state index is -0.0378. The van der Waals surface area contributed by atoms with Gasteiger partial charge in [-0.2, -0.15) is 0 Å². The molecule has 5 heteroatoms. The average molecular weight is 394 g/mol. The molecule has 0 saturated heterocycles. The van der Waals surface area contributed by atoms with Gasteiger partial charge in [0.2, 0.25) is 0 Å². The highest BCUT2D eigenvalue weighted by atomic mass is 16.5. The van der Waals surface area contributed by atoms with Crippen molar-refractivity contribution < 1.29 is 9.53 Å². The number of terminal acetylenes is 1. The fraction of sp³-hybridized carbons (Fsp3) is 0.375. The summed E-state index contributed by atoms with van der Waals surface area (Å²) < 4.78 is 5.55. The second-order valence-corrected chi connectivity index (χ2v) is 6.66. The number of likely N-dealkylation sites (N-methyl/N-ethyl adjacent to an activating group) is 1. The lowest BCUT2D eigenvalue weighted by molar-refractivity contribution is 0.0949. The van der Waals surface area contributed by atoms with E-state index in [1.807, 2.05) is 48.5 Å². The van der Waals surface area contributed by atoms with Crippen LogP contribution in [0.1, 0.15) is 36.2 Å². The van der Waals surface area contributed by atoms with E-state index >= 15 is 0 Å². The van der Waals surface area contributed by atoms with Gasteiger partial charge in [0.05, 0.1) is 6.61 Å². The highest BCUT2D eigenvalue weighted by Gasteiger charge is 2.06. The normalized spacial score (nSPS) is 10.4. The van der Waals surface area contributed by atoms with Crippen LogP contribution in [0.5, 0.6) is 5.75 Å². The molecule has 2 rings (SSSR count). The van der Waals surface area contributed by atoms with E-state index in [1.165, 1.54) is 0 Å². The Labute approximate surface area is 174 Å². The van der Waals surface area contributed by atoms with Crippen molar-refractivity contribution in [3.8, 4) is 18.1 Å². The molecule has 154 valence electrons. The third kappa shape index (κ3) is 7.89. The topological polar surface area (TPSA) is 53.6 Å². The van der Waals surface area contributed by atoms with E-state index in [4.69, 9.17) is 11.2 Å². The minimum Gasteiger partial charge on any atom is -0.493 e. The molecule has 0 heterocycles. The van der Waals surface area contributed by atoms with Crippen LogP contribution in [0.3, 0.4) is 0 Å². The maximum atomic E-state index is 12.2. The predicted octanol–water partition coefficient (Wildman–Crippen LogP) is 3.77. The van der Waals surface area contributed by atoms with Crippen LogP contribution in [-0.4, -0.2) is 43.6 Å². The van der Waals surface area contributed by atoms with Gasteiger partial charge in [-0.15, -0.1) is 12.3 Å². The van der Waals surface area contributed by atoms with Crippen LogP contribution < -0.4 is 15.4 Å². The SMILES string of the molecule is C#CCCOc1ccc(CNc2ccc(C(=O)NCCN(CC)CC)cc2)cc1. The minimum absolute atomic E-state index is 0.0378. The van der Waals surface area contributed by atoms with Gasteiger partial charge >= 0.3 is 0 Å². The molecular weight excluding hydrogens is 362 g/mol. The Hall–Kier alpha value is -2.97. The number of nitrogens with one attached hydrogen (secondary N) is 2. The first kappa shape index (κ1) is 22.3.